The minimum absolute atomic E-state index is 0.0532. The van der Waals surface area contributed by atoms with Crippen LogP contribution in [0.15, 0.2) is 24.3 Å². The van der Waals surface area contributed by atoms with E-state index in [9.17, 15) is 13.6 Å². The molecule has 1 aromatic carbocycles. The smallest absolute Gasteiger partial charge is 0.387 e. The maximum atomic E-state index is 11.9. The van der Waals surface area contributed by atoms with Crippen LogP contribution in [0.5, 0.6) is 5.75 Å². The van der Waals surface area contributed by atoms with Gasteiger partial charge in [-0.05, 0) is 31.0 Å². The minimum atomic E-state index is -2.82. The summed E-state index contributed by atoms with van der Waals surface area (Å²) in [6, 6.07) is 6.33. The molecule has 0 bridgehead atoms. The van der Waals surface area contributed by atoms with Crippen molar-refractivity contribution in [3.8, 4) is 5.75 Å². The molecule has 0 radical (unpaired) electrons. The first kappa shape index (κ1) is 15.4. The molecule has 4 nitrogen and oxygen atoms in total. The van der Waals surface area contributed by atoms with Crippen LogP contribution in [0, 0.1) is 0 Å². The second-order valence-electron chi connectivity index (χ2n) is 3.76. The molecular weight excluding hydrogens is 256 g/mol. The Balaban J connectivity index is 2.28. The number of benzene rings is 1. The molecule has 0 aromatic heterocycles. The molecule has 106 valence electrons. The largest absolute Gasteiger partial charge is 0.435 e. The summed E-state index contributed by atoms with van der Waals surface area (Å²) >= 11 is 0. The van der Waals surface area contributed by atoms with Gasteiger partial charge in [-0.2, -0.15) is 8.78 Å². The Kier molecular flexibility index (Phi) is 6.81. The van der Waals surface area contributed by atoms with Gasteiger partial charge in [-0.1, -0.05) is 12.1 Å². The highest BCUT2D eigenvalue weighted by Gasteiger charge is 2.04. The van der Waals surface area contributed by atoms with Crippen LogP contribution in [0.4, 0.5) is 8.78 Å². The van der Waals surface area contributed by atoms with E-state index in [1.54, 1.807) is 12.1 Å². The lowest BCUT2D eigenvalue weighted by molar-refractivity contribution is -0.125. The zero-order valence-electron chi connectivity index (χ0n) is 10.7. The Bertz CT molecular complexity index is 382. The number of nitrogens with one attached hydrogen (secondary N) is 1. The summed E-state index contributed by atoms with van der Waals surface area (Å²) in [4.78, 5) is 11.2. The van der Waals surface area contributed by atoms with E-state index in [1.807, 2.05) is 6.92 Å². The summed E-state index contributed by atoms with van der Waals surface area (Å²) in [7, 11) is 0. The van der Waals surface area contributed by atoms with Gasteiger partial charge in [0.15, 0.2) is 0 Å². The first-order valence-electron chi connectivity index (χ1n) is 6.00. The van der Waals surface area contributed by atoms with Crippen molar-refractivity contribution in [2.75, 3.05) is 19.8 Å². The Morgan fingerprint density at radius 1 is 1.32 bits per heavy atom. The number of hydrogen-bond donors (Lipinski definition) is 1. The molecule has 1 N–H and O–H groups in total. The van der Waals surface area contributed by atoms with E-state index in [4.69, 9.17) is 4.74 Å². The lowest BCUT2D eigenvalue weighted by atomic mass is 10.1. The Morgan fingerprint density at radius 3 is 2.58 bits per heavy atom. The highest BCUT2D eigenvalue weighted by molar-refractivity contribution is 5.77. The van der Waals surface area contributed by atoms with Gasteiger partial charge in [-0.3, -0.25) is 4.79 Å². The molecule has 1 rings (SSSR count). The van der Waals surface area contributed by atoms with Crippen molar-refractivity contribution >= 4 is 5.91 Å². The molecule has 0 fully saturated rings. The fourth-order valence-corrected chi connectivity index (χ4v) is 1.43. The summed E-state index contributed by atoms with van der Waals surface area (Å²) in [5.74, 6) is -0.0429. The molecule has 19 heavy (non-hydrogen) atoms. The first-order valence-corrected chi connectivity index (χ1v) is 6.00. The molecule has 0 saturated heterocycles. The van der Waals surface area contributed by atoms with E-state index < -0.39 is 6.61 Å². The predicted molar refractivity (Wildman–Crippen MR) is 66.3 cm³/mol. The molecule has 1 amide bonds. The lowest BCUT2D eigenvalue weighted by Crippen LogP contribution is -2.29. The number of carbonyl (C=O) groups excluding carboxylic acids is 1. The van der Waals surface area contributed by atoms with Gasteiger partial charge in [0.25, 0.3) is 0 Å². The molecule has 0 saturated carbocycles. The van der Waals surface area contributed by atoms with Crippen molar-refractivity contribution < 1.29 is 23.0 Å². The molecule has 0 spiro atoms. The zero-order chi connectivity index (χ0) is 14.1. The van der Waals surface area contributed by atoms with Gasteiger partial charge in [-0.15, -0.1) is 0 Å². The number of ether oxygens (including phenoxy) is 2. The summed E-state index contributed by atoms with van der Waals surface area (Å²) in [6.07, 6.45) is 0.618. The van der Waals surface area contributed by atoms with Crippen LogP contribution >= 0.6 is 0 Å². The maximum absolute atomic E-state index is 11.9. The average Bonchev–Trinajstić information content (AvgIpc) is 2.38. The van der Waals surface area contributed by atoms with Crippen molar-refractivity contribution in [2.24, 2.45) is 0 Å². The predicted octanol–water partition coefficient (Wildman–Crippen LogP) is 1.98. The number of amides is 1. The third-order valence-corrected chi connectivity index (χ3v) is 2.32. The van der Waals surface area contributed by atoms with Gasteiger partial charge in [-0.25, -0.2) is 0 Å². The van der Waals surface area contributed by atoms with Crippen LogP contribution < -0.4 is 10.1 Å². The van der Waals surface area contributed by atoms with Gasteiger partial charge in [0.1, 0.15) is 12.4 Å². The number of rotatable bonds is 8. The number of carbonyl (C=O) groups is 1. The van der Waals surface area contributed by atoms with Crippen molar-refractivity contribution in [1.29, 1.82) is 0 Å². The summed E-state index contributed by atoms with van der Waals surface area (Å²) in [5, 5.41) is 2.70. The van der Waals surface area contributed by atoms with E-state index >= 15 is 0 Å². The summed E-state index contributed by atoms with van der Waals surface area (Å²) < 4.78 is 33.1. The van der Waals surface area contributed by atoms with Crippen LogP contribution in [0.3, 0.4) is 0 Å². The maximum Gasteiger partial charge on any atom is 0.387 e. The number of hydrogen-bond acceptors (Lipinski definition) is 3. The molecule has 0 aliphatic carbocycles. The van der Waals surface area contributed by atoms with Crippen LogP contribution in [0.2, 0.25) is 0 Å². The first-order chi connectivity index (χ1) is 9.11. The van der Waals surface area contributed by atoms with Gasteiger partial charge in [0.05, 0.1) is 0 Å². The number of halogens is 2. The standard InChI is InChI=1S/C13H17F2NO3/c1-2-18-9-12(17)16-8-7-10-3-5-11(6-4-10)19-13(14)15/h3-6,13H,2,7-9H2,1H3,(H,16,17). The van der Waals surface area contributed by atoms with Crippen LogP contribution in [-0.2, 0) is 16.0 Å². The molecule has 1 aromatic rings. The Morgan fingerprint density at radius 2 is 2.00 bits per heavy atom. The summed E-state index contributed by atoms with van der Waals surface area (Å²) in [6.45, 7) is 0.0252. The highest BCUT2D eigenvalue weighted by atomic mass is 19.3. The second kappa shape index (κ2) is 8.42. The third-order valence-electron chi connectivity index (χ3n) is 2.32. The monoisotopic (exact) mass is 273 g/mol. The molecule has 0 unspecified atom stereocenters. The Hall–Kier alpha value is -1.69. The molecule has 6 heteroatoms. The normalized spacial score (nSPS) is 10.5. The molecule has 0 aliphatic rings. The molecule has 0 atom stereocenters. The fourth-order valence-electron chi connectivity index (χ4n) is 1.43. The second-order valence-corrected chi connectivity index (χ2v) is 3.76. The topological polar surface area (TPSA) is 47.6 Å². The van der Waals surface area contributed by atoms with Gasteiger partial charge >= 0.3 is 6.61 Å². The van der Waals surface area contributed by atoms with E-state index in [2.05, 4.69) is 10.1 Å². The van der Waals surface area contributed by atoms with E-state index in [0.29, 0.717) is 19.6 Å². The average molecular weight is 273 g/mol. The molecular formula is C13H17F2NO3. The van der Waals surface area contributed by atoms with Crippen molar-refractivity contribution in [2.45, 2.75) is 20.0 Å². The van der Waals surface area contributed by atoms with Crippen molar-refractivity contribution in [3.05, 3.63) is 29.8 Å². The van der Waals surface area contributed by atoms with Crippen molar-refractivity contribution in [1.82, 2.24) is 5.32 Å². The van der Waals surface area contributed by atoms with Crippen LogP contribution in [0.25, 0.3) is 0 Å². The number of alkyl halides is 2. The zero-order valence-corrected chi connectivity index (χ0v) is 10.7. The van der Waals surface area contributed by atoms with Crippen molar-refractivity contribution in [3.63, 3.8) is 0 Å². The Labute approximate surface area is 110 Å². The van der Waals surface area contributed by atoms with Gasteiger partial charge in [0.2, 0.25) is 5.91 Å². The SMILES string of the molecule is CCOCC(=O)NCCc1ccc(OC(F)F)cc1. The molecule has 0 aliphatic heterocycles. The third kappa shape index (κ3) is 6.71. The van der Waals surface area contributed by atoms with Crippen LogP contribution in [0.1, 0.15) is 12.5 Å². The fraction of sp³-hybridized carbons (Fsp3) is 0.462. The van der Waals surface area contributed by atoms with Crippen LogP contribution in [-0.4, -0.2) is 32.3 Å². The van der Waals surface area contributed by atoms with E-state index in [0.717, 1.165) is 5.56 Å². The van der Waals surface area contributed by atoms with Gasteiger partial charge in [0, 0.05) is 13.2 Å². The van der Waals surface area contributed by atoms with E-state index in [-0.39, 0.29) is 18.3 Å². The summed E-state index contributed by atoms with van der Waals surface area (Å²) in [5.41, 5.74) is 0.929. The quantitative estimate of drug-likeness (QED) is 0.788. The van der Waals surface area contributed by atoms with Gasteiger partial charge < -0.3 is 14.8 Å². The highest BCUT2D eigenvalue weighted by Crippen LogP contribution is 2.14. The lowest BCUT2D eigenvalue weighted by Gasteiger charge is -2.07. The molecule has 0 heterocycles. The van der Waals surface area contributed by atoms with E-state index in [1.165, 1.54) is 12.1 Å². The minimum Gasteiger partial charge on any atom is -0.435 e.